The molecule has 0 spiro atoms. The molecule has 84 valence electrons. The monoisotopic (exact) mass is 218 g/mol. The summed E-state index contributed by atoms with van der Waals surface area (Å²) >= 11 is 0. The number of aliphatic hydroxyl groups is 1. The smallest absolute Gasteiger partial charge is 0.247 e. The second kappa shape index (κ2) is 3.72. The van der Waals surface area contributed by atoms with Gasteiger partial charge in [0.2, 0.25) is 11.8 Å². The Bertz CT molecular complexity index is 498. The van der Waals surface area contributed by atoms with Crippen molar-refractivity contribution in [2.45, 2.75) is 26.4 Å². The SMILES string of the molecule is Cc1cccc(-c2nnc(C(C)(C)O)o2)c1. The normalized spacial score (nSPS) is 11.8. The van der Waals surface area contributed by atoms with Crippen molar-refractivity contribution in [3.05, 3.63) is 35.7 Å². The molecular formula is C12H14N2O2. The Hall–Kier alpha value is -1.68. The van der Waals surface area contributed by atoms with Crippen LogP contribution in [0.1, 0.15) is 25.3 Å². The number of benzene rings is 1. The maximum atomic E-state index is 9.71. The van der Waals surface area contributed by atoms with E-state index in [4.69, 9.17) is 4.42 Å². The maximum Gasteiger partial charge on any atom is 0.247 e. The molecule has 16 heavy (non-hydrogen) atoms. The molecule has 1 aromatic heterocycles. The summed E-state index contributed by atoms with van der Waals surface area (Å²) in [5.74, 6) is 0.657. The fraction of sp³-hybridized carbons (Fsp3) is 0.333. The summed E-state index contributed by atoms with van der Waals surface area (Å²) in [6.07, 6.45) is 0. The van der Waals surface area contributed by atoms with Crippen molar-refractivity contribution in [1.29, 1.82) is 0 Å². The largest absolute Gasteiger partial charge is 0.418 e. The molecule has 0 aliphatic carbocycles. The highest BCUT2D eigenvalue weighted by Crippen LogP contribution is 2.23. The second-order valence-corrected chi connectivity index (χ2v) is 4.34. The van der Waals surface area contributed by atoms with Crippen molar-refractivity contribution < 1.29 is 9.52 Å². The zero-order valence-corrected chi connectivity index (χ0v) is 9.56. The van der Waals surface area contributed by atoms with Gasteiger partial charge < -0.3 is 9.52 Å². The van der Waals surface area contributed by atoms with Crippen molar-refractivity contribution in [3.63, 3.8) is 0 Å². The van der Waals surface area contributed by atoms with Crippen LogP contribution >= 0.6 is 0 Å². The van der Waals surface area contributed by atoms with Crippen molar-refractivity contribution in [2.75, 3.05) is 0 Å². The van der Waals surface area contributed by atoms with E-state index in [9.17, 15) is 5.11 Å². The third-order valence-electron chi connectivity index (χ3n) is 2.21. The van der Waals surface area contributed by atoms with Gasteiger partial charge in [-0.2, -0.15) is 0 Å². The van der Waals surface area contributed by atoms with Crippen molar-refractivity contribution in [2.24, 2.45) is 0 Å². The first-order valence-corrected chi connectivity index (χ1v) is 5.10. The Balaban J connectivity index is 2.39. The number of nitrogens with zero attached hydrogens (tertiary/aromatic N) is 2. The first kappa shape index (κ1) is 10.8. The second-order valence-electron chi connectivity index (χ2n) is 4.34. The Kier molecular flexibility index (Phi) is 2.52. The zero-order chi connectivity index (χ0) is 11.8. The van der Waals surface area contributed by atoms with E-state index in [2.05, 4.69) is 10.2 Å². The van der Waals surface area contributed by atoms with E-state index in [1.165, 1.54) is 0 Å². The number of hydrogen-bond donors (Lipinski definition) is 1. The molecule has 0 saturated heterocycles. The minimum Gasteiger partial charge on any atom is -0.418 e. The van der Waals surface area contributed by atoms with Crippen LogP contribution in [-0.4, -0.2) is 15.3 Å². The van der Waals surface area contributed by atoms with Crippen LogP contribution in [0.3, 0.4) is 0 Å². The zero-order valence-electron chi connectivity index (χ0n) is 9.56. The van der Waals surface area contributed by atoms with Crippen molar-refractivity contribution >= 4 is 0 Å². The van der Waals surface area contributed by atoms with Gasteiger partial charge in [0.15, 0.2) is 0 Å². The van der Waals surface area contributed by atoms with Gasteiger partial charge in [0, 0.05) is 5.56 Å². The molecule has 0 radical (unpaired) electrons. The highest BCUT2D eigenvalue weighted by atomic mass is 16.4. The number of aromatic nitrogens is 2. The van der Waals surface area contributed by atoms with Gasteiger partial charge in [-0.25, -0.2) is 0 Å². The molecule has 1 heterocycles. The van der Waals surface area contributed by atoms with Gasteiger partial charge in [-0.05, 0) is 32.9 Å². The molecule has 4 heteroatoms. The third kappa shape index (κ3) is 2.12. The van der Waals surface area contributed by atoms with E-state index in [0.29, 0.717) is 5.89 Å². The van der Waals surface area contributed by atoms with E-state index in [-0.39, 0.29) is 5.89 Å². The standard InChI is InChI=1S/C12H14N2O2/c1-8-5-4-6-9(7-8)10-13-14-11(16-10)12(2,3)15/h4-7,15H,1-3H3. The Morgan fingerprint density at radius 3 is 2.56 bits per heavy atom. The minimum atomic E-state index is -1.10. The summed E-state index contributed by atoms with van der Waals surface area (Å²) in [7, 11) is 0. The molecule has 1 aromatic carbocycles. The van der Waals surface area contributed by atoms with Crippen LogP contribution in [0.4, 0.5) is 0 Å². The van der Waals surface area contributed by atoms with Crippen LogP contribution in [-0.2, 0) is 5.60 Å². The van der Waals surface area contributed by atoms with Crippen molar-refractivity contribution in [1.82, 2.24) is 10.2 Å². The summed E-state index contributed by atoms with van der Waals surface area (Å²) < 4.78 is 5.42. The lowest BCUT2D eigenvalue weighted by Crippen LogP contribution is -2.15. The summed E-state index contributed by atoms with van der Waals surface area (Å²) in [4.78, 5) is 0. The lowest BCUT2D eigenvalue weighted by molar-refractivity contribution is 0.0488. The van der Waals surface area contributed by atoms with E-state index in [1.54, 1.807) is 13.8 Å². The summed E-state index contributed by atoms with van der Waals surface area (Å²) in [5.41, 5.74) is 0.887. The van der Waals surface area contributed by atoms with Crippen LogP contribution < -0.4 is 0 Å². The average molecular weight is 218 g/mol. The van der Waals surface area contributed by atoms with Crippen molar-refractivity contribution in [3.8, 4) is 11.5 Å². The topological polar surface area (TPSA) is 59.2 Å². The van der Waals surface area contributed by atoms with E-state index < -0.39 is 5.60 Å². The highest BCUT2D eigenvalue weighted by molar-refractivity contribution is 5.53. The minimum absolute atomic E-state index is 0.226. The predicted octanol–water partition coefficient (Wildman–Crippen LogP) is 2.27. The Labute approximate surface area is 93.9 Å². The van der Waals surface area contributed by atoms with Gasteiger partial charge in [0.05, 0.1) is 0 Å². The molecule has 0 bridgehead atoms. The first-order chi connectivity index (χ1) is 7.47. The molecular weight excluding hydrogens is 204 g/mol. The fourth-order valence-corrected chi connectivity index (χ4v) is 1.37. The van der Waals surface area contributed by atoms with E-state index in [1.807, 2.05) is 31.2 Å². The molecule has 0 saturated carbocycles. The van der Waals surface area contributed by atoms with E-state index in [0.717, 1.165) is 11.1 Å². The van der Waals surface area contributed by atoms with Gasteiger partial charge in [0.1, 0.15) is 5.60 Å². The molecule has 0 atom stereocenters. The maximum absolute atomic E-state index is 9.71. The van der Waals surface area contributed by atoms with Crippen LogP contribution in [0, 0.1) is 6.92 Å². The van der Waals surface area contributed by atoms with Gasteiger partial charge in [0.25, 0.3) is 0 Å². The lowest BCUT2D eigenvalue weighted by Gasteiger charge is -2.09. The average Bonchev–Trinajstić information content (AvgIpc) is 2.65. The van der Waals surface area contributed by atoms with Gasteiger partial charge >= 0.3 is 0 Å². The summed E-state index contributed by atoms with van der Waals surface area (Å²) in [6.45, 7) is 5.22. The van der Waals surface area contributed by atoms with Crippen LogP contribution in [0.25, 0.3) is 11.5 Å². The predicted molar refractivity (Wildman–Crippen MR) is 59.7 cm³/mol. The number of rotatable bonds is 2. The molecule has 0 fully saturated rings. The molecule has 0 amide bonds. The third-order valence-corrected chi connectivity index (χ3v) is 2.21. The van der Waals surface area contributed by atoms with Gasteiger partial charge in [-0.15, -0.1) is 10.2 Å². The molecule has 2 rings (SSSR count). The Morgan fingerprint density at radius 1 is 1.25 bits per heavy atom. The Morgan fingerprint density at radius 2 is 2.00 bits per heavy atom. The van der Waals surface area contributed by atoms with Crippen LogP contribution in [0.2, 0.25) is 0 Å². The molecule has 0 aliphatic heterocycles. The van der Waals surface area contributed by atoms with Crippen LogP contribution in [0.5, 0.6) is 0 Å². The summed E-state index contributed by atoms with van der Waals surface area (Å²) in [5, 5.41) is 17.5. The van der Waals surface area contributed by atoms with Gasteiger partial charge in [-0.1, -0.05) is 17.7 Å². The fourth-order valence-electron chi connectivity index (χ4n) is 1.37. The first-order valence-electron chi connectivity index (χ1n) is 5.10. The highest BCUT2D eigenvalue weighted by Gasteiger charge is 2.23. The molecule has 0 unspecified atom stereocenters. The summed E-state index contributed by atoms with van der Waals surface area (Å²) in [6, 6.07) is 7.78. The molecule has 4 nitrogen and oxygen atoms in total. The molecule has 0 aliphatic rings. The van der Waals surface area contributed by atoms with Gasteiger partial charge in [-0.3, -0.25) is 0 Å². The molecule has 2 aromatic rings. The quantitative estimate of drug-likeness (QED) is 0.840. The molecule has 1 N–H and O–H groups in total. The number of aryl methyl sites for hydroxylation is 1. The lowest BCUT2D eigenvalue weighted by atomic mass is 10.1. The van der Waals surface area contributed by atoms with Crippen LogP contribution in [0.15, 0.2) is 28.7 Å². The number of hydrogen-bond acceptors (Lipinski definition) is 4. The van der Waals surface area contributed by atoms with E-state index >= 15 is 0 Å².